The number of methoxy groups -OCH3 is 1. The van der Waals surface area contributed by atoms with Crippen molar-refractivity contribution in [2.75, 3.05) is 62.9 Å². The molecule has 0 N–H and O–H groups in total. The SMILES string of the molecule is COc1ccc2cc1OCCCCN(C(=O)c1cc(N3CCOCC3)no1)CC[C@@H]1c3ccccc3N(C(C)=O)[C@@H]1C2. The van der Waals surface area contributed by atoms with Gasteiger partial charge in [0.2, 0.25) is 11.7 Å². The van der Waals surface area contributed by atoms with Crippen LogP contribution < -0.4 is 19.3 Å². The van der Waals surface area contributed by atoms with Gasteiger partial charge in [0.25, 0.3) is 5.91 Å². The summed E-state index contributed by atoms with van der Waals surface area (Å²) in [4.78, 5) is 32.7. The Morgan fingerprint density at radius 2 is 1.81 bits per heavy atom. The molecule has 2 aromatic carbocycles. The molecule has 222 valence electrons. The minimum Gasteiger partial charge on any atom is -0.493 e. The summed E-state index contributed by atoms with van der Waals surface area (Å²) < 4.78 is 22.7. The second-order valence-corrected chi connectivity index (χ2v) is 11.1. The van der Waals surface area contributed by atoms with Crippen LogP contribution in [-0.4, -0.2) is 81.0 Å². The maximum Gasteiger partial charge on any atom is 0.292 e. The van der Waals surface area contributed by atoms with Gasteiger partial charge in [0.05, 0.1) is 26.9 Å². The molecule has 0 unspecified atom stereocenters. The Morgan fingerprint density at radius 1 is 0.976 bits per heavy atom. The zero-order valence-electron chi connectivity index (χ0n) is 24.3. The van der Waals surface area contributed by atoms with E-state index >= 15 is 0 Å². The van der Waals surface area contributed by atoms with E-state index in [0.29, 0.717) is 76.2 Å². The first-order valence-corrected chi connectivity index (χ1v) is 14.8. The number of rotatable bonds is 3. The van der Waals surface area contributed by atoms with E-state index in [4.69, 9.17) is 18.7 Å². The van der Waals surface area contributed by atoms with Crippen LogP contribution in [-0.2, 0) is 16.0 Å². The van der Waals surface area contributed by atoms with Crippen molar-refractivity contribution in [3.63, 3.8) is 0 Å². The van der Waals surface area contributed by atoms with Crippen LogP contribution in [0.2, 0.25) is 0 Å². The van der Waals surface area contributed by atoms with E-state index in [0.717, 1.165) is 29.7 Å². The molecule has 10 nitrogen and oxygen atoms in total. The molecule has 1 fully saturated rings. The Bertz CT molecular complexity index is 1420. The van der Waals surface area contributed by atoms with Crippen LogP contribution in [0.5, 0.6) is 11.5 Å². The number of amides is 2. The monoisotopic (exact) mass is 574 g/mol. The van der Waals surface area contributed by atoms with Crippen LogP contribution in [0.4, 0.5) is 11.5 Å². The molecular weight excluding hydrogens is 536 g/mol. The van der Waals surface area contributed by atoms with Crippen molar-refractivity contribution in [1.29, 1.82) is 0 Å². The van der Waals surface area contributed by atoms with Gasteiger partial charge in [0.15, 0.2) is 17.3 Å². The second-order valence-electron chi connectivity index (χ2n) is 11.1. The summed E-state index contributed by atoms with van der Waals surface area (Å²) in [6, 6.07) is 15.8. The van der Waals surface area contributed by atoms with Gasteiger partial charge >= 0.3 is 0 Å². The zero-order chi connectivity index (χ0) is 29.1. The van der Waals surface area contributed by atoms with E-state index in [-0.39, 0.29) is 29.5 Å². The molecule has 0 saturated carbocycles. The lowest BCUT2D eigenvalue weighted by Gasteiger charge is -2.30. The lowest BCUT2D eigenvalue weighted by atomic mass is 9.87. The number of benzene rings is 2. The quantitative estimate of drug-likeness (QED) is 0.457. The fraction of sp³-hybridized carbons (Fsp3) is 0.469. The molecule has 3 aliphatic heterocycles. The van der Waals surface area contributed by atoms with Crippen molar-refractivity contribution in [2.24, 2.45) is 0 Å². The third-order valence-electron chi connectivity index (χ3n) is 8.52. The predicted molar refractivity (Wildman–Crippen MR) is 158 cm³/mol. The van der Waals surface area contributed by atoms with E-state index in [9.17, 15) is 9.59 Å². The molecule has 1 saturated heterocycles. The van der Waals surface area contributed by atoms with Gasteiger partial charge < -0.3 is 33.4 Å². The van der Waals surface area contributed by atoms with Gasteiger partial charge in [-0.2, -0.15) is 0 Å². The van der Waals surface area contributed by atoms with Crippen molar-refractivity contribution in [3.8, 4) is 11.5 Å². The minimum atomic E-state index is -0.173. The summed E-state index contributed by atoms with van der Waals surface area (Å²) >= 11 is 0. The van der Waals surface area contributed by atoms with Gasteiger partial charge in [-0.25, -0.2) is 0 Å². The highest BCUT2D eigenvalue weighted by atomic mass is 16.5. The molecule has 0 aliphatic carbocycles. The number of hydrogen-bond acceptors (Lipinski definition) is 8. The third kappa shape index (κ3) is 5.68. The molecule has 4 heterocycles. The Balaban J connectivity index is 1.30. The van der Waals surface area contributed by atoms with Crippen LogP contribution in [0, 0.1) is 0 Å². The highest BCUT2D eigenvalue weighted by Gasteiger charge is 2.40. The Kier molecular flexibility index (Phi) is 8.32. The summed E-state index contributed by atoms with van der Waals surface area (Å²) in [6.45, 7) is 5.89. The lowest BCUT2D eigenvalue weighted by molar-refractivity contribution is -0.117. The number of fused-ring (bicyclic) bond motifs is 5. The Hall–Kier alpha value is -4.05. The molecule has 2 bridgehead atoms. The van der Waals surface area contributed by atoms with E-state index < -0.39 is 0 Å². The van der Waals surface area contributed by atoms with E-state index in [1.54, 1.807) is 20.1 Å². The van der Waals surface area contributed by atoms with Gasteiger partial charge in [0, 0.05) is 56.8 Å². The molecule has 6 rings (SSSR count). The third-order valence-corrected chi connectivity index (χ3v) is 8.52. The van der Waals surface area contributed by atoms with E-state index in [1.807, 2.05) is 46.2 Å². The van der Waals surface area contributed by atoms with Crippen LogP contribution in [0.25, 0.3) is 0 Å². The molecule has 3 aromatic rings. The first kappa shape index (κ1) is 28.1. The lowest BCUT2D eigenvalue weighted by Crippen LogP contribution is -2.41. The largest absolute Gasteiger partial charge is 0.493 e. The zero-order valence-corrected chi connectivity index (χ0v) is 24.3. The minimum absolute atomic E-state index is 0.00582. The maximum absolute atomic E-state index is 13.8. The summed E-state index contributed by atoms with van der Waals surface area (Å²) in [5, 5.41) is 4.20. The standard InChI is InChI=1S/C32H38N4O6/c1-22(37)36-26-8-4-3-7-24(26)25-11-13-35(32(38)30-21-31(33-42-30)34-14-17-40-18-15-34)12-5-6-16-41-29-20-23(19-27(25)36)9-10-28(29)39-2/h3-4,7-10,20-21,25,27H,5-6,11-19H2,1-2H3/t25-,27-/m1/s1. The first-order chi connectivity index (χ1) is 20.5. The molecule has 3 aliphatic rings. The van der Waals surface area contributed by atoms with Gasteiger partial charge in [-0.1, -0.05) is 29.4 Å². The van der Waals surface area contributed by atoms with Crippen molar-refractivity contribution in [2.45, 2.75) is 44.6 Å². The van der Waals surface area contributed by atoms with Crippen molar-refractivity contribution in [1.82, 2.24) is 10.1 Å². The number of morpholine rings is 1. The smallest absolute Gasteiger partial charge is 0.292 e. The highest BCUT2D eigenvalue weighted by Crippen LogP contribution is 2.44. The van der Waals surface area contributed by atoms with Gasteiger partial charge in [-0.15, -0.1) is 0 Å². The molecule has 2 amide bonds. The fourth-order valence-electron chi connectivity index (χ4n) is 6.43. The molecule has 1 aromatic heterocycles. The number of carbonyl (C=O) groups is 2. The number of ether oxygens (including phenoxy) is 3. The average Bonchev–Trinajstić information content (AvgIpc) is 3.62. The number of carbonyl (C=O) groups excluding carboxylic acids is 2. The van der Waals surface area contributed by atoms with Crippen molar-refractivity contribution < 1.29 is 28.3 Å². The normalized spacial score (nSPS) is 21.1. The number of para-hydroxylation sites is 1. The second kappa shape index (κ2) is 12.4. The summed E-state index contributed by atoms with van der Waals surface area (Å²) in [6.07, 6.45) is 2.90. The Labute approximate surface area is 246 Å². The predicted octanol–water partition coefficient (Wildman–Crippen LogP) is 4.29. The first-order valence-electron chi connectivity index (χ1n) is 14.8. The van der Waals surface area contributed by atoms with Crippen LogP contribution >= 0.6 is 0 Å². The number of nitrogens with zero attached hydrogens (tertiary/aromatic N) is 4. The topological polar surface area (TPSA) is 97.6 Å². The number of aromatic nitrogens is 1. The molecule has 10 heteroatoms. The van der Waals surface area contributed by atoms with Gasteiger partial charge in [-0.05, 0) is 55.0 Å². The average molecular weight is 575 g/mol. The molecule has 0 radical (unpaired) electrons. The molecule has 0 spiro atoms. The van der Waals surface area contributed by atoms with Crippen LogP contribution in [0.3, 0.4) is 0 Å². The maximum atomic E-state index is 13.8. The van der Waals surface area contributed by atoms with E-state index in [2.05, 4.69) is 16.1 Å². The number of anilines is 2. The van der Waals surface area contributed by atoms with Gasteiger partial charge in [-0.3, -0.25) is 9.59 Å². The molecule has 42 heavy (non-hydrogen) atoms. The number of hydrogen-bond donors (Lipinski definition) is 0. The highest BCUT2D eigenvalue weighted by molar-refractivity contribution is 5.95. The Morgan fingerprint density at radius 3 is 2.62 bits per heavy atom. The van der Waals surface area contributed by atoms with Gasteiger partial charge in [0.1, 0.15) is 0 Å². The fourth-order valence-corrected chi connectivity index (χ4v) is 6.43. The van der Waals surface area contributed by atoms with Crippen molar-refractivity contribution >= 4 is 23.3 Å². The summed E-state index contributed by atoms with van der Waals surface area (Å²) in [5.74, 6) is 2.15. The van der Waals surface area contributed by atoms with Crippen LogP contribution in [0.15, 0.2) is 53.1 Å². The van der Waals surface area contributed by atoms with Crippen molar-refractivity contribution in [3.05, 3.63) is 65.4 Å². The molecular formula is C32H38N4O6. The molecule has 2 atom stereocenters. The summed E-state index contributed by atoms with van der Waals surface area (Å²) in [7, 11) is 1.64. The summed E-state index contributed by atoms with van der Waals surface area (Å²) in [5.41, 5.74) is 3.15. The van der Waals surface area contributed by atoms with E-state index in [1.165, 1.54) is 0 Å². The van der Waals surface area contributed by atoms with Crippen LogP contribution in [0.1, 0.15) is 53.8 Å².